The molecule has 0 aliphatic carbocycles. The second-order valence-corrected chi connectivity index (χ2v) is 8.93. The van der Waals surface area contributed by atoms with Gasteiger partial charge in [-0.3, -0.25) is 19.4 Å². The first-order chi connectivity index (χ1) is 18.7. The molecule has 0 unspecified atom stereocenters. The van der Waals surface area contributed by atoms with Crippen LogP contribution in [0, 0.1) is 11.3 Å². The Kier molecular flexibility index (Phi) is 8.31. The van der Waals surface area contributed by atoms with Gasteiger partial charge in [-0.15, -0.1) is 0 Å². The summed E-state index contributed by atoms with van der Waals surface area (Å²) in [6.07, 6.45) is 0.745. The fourth-order valence-corrected chi connectivity index (χ4v) is 4.25. The molecule has 39 heavy (non-hydrogen) atoms. The molecule has 12 heteroatoms. The molecule has 0 spiro atoms. The molecular formula is C27H26F2N6O4. The lowest BCUT2D eigenvalue weighted by molar-refractivity contribution is -0.131. The number of carbonyl (C=O) groups excluding carboxylic acids is 3. The second-order valence-electron chi connectivity index (χ2n) is 8.93. The number of nitriles is 1. The topological polar surface area (TPSA) is 150 Å². The molecule has 0 bridgehead atoms. The lowest BCUT2D eigenvalue weighted by Gasteiger charge is -2.19. The average molecular weight is 537 g/mol. The van der Waals surface area contributed by atoms with Crippen LogP contribution in [0.4, 0.5) is 8.78 Å². The highest BCUT2D eigenvalue weighted by Crippen LogP contribution is 2.32. The molecule has 1 aliphatic rings. The van der Waals surface area contributed by atoms with Crippen molar-refractivity contribution >= 4 is 28.6 Å². The fraction of sp³-hybridized carbons (Fsp3) is 0.296. The third-order valence-corrected chi connectivity index (χ3v) is 6.19. The number of aromatic nitrogens is 1. The third kappa shape index (κ3) is 6.63. The largest absolute Gasteiger partial charge is 0.492 e. The zero-order chi connectivity index (χ0) is 28.0. The van der Waals surface area contributed by atoms with Gasteiger partial charge in [0.25, 0.3) is 11.8 Å². The maximum Gasteiger partial charge on any atom is 0.268 e. The van der Waals surface area contributed by atoms with Crippen LogP contribution < -0.4 is 21.1 Å². The van der Waals surface area contributed by atoms with Crippen molar-refractivity contribution in [2.75, 3.05) is 32.8 Å². The molecule has 10 nitrogen and oxygen atoms in total. The summed E-state index contributed by atoms with van der Waals surface area (Å²) >= 11 is 0. The Bertz CT molecular complexity index is 1420. The van der Waals surface area contributed by atoms with Crippen molar-refractivity contribution in [3.8, 4) is 22.9 Å². The molecule has 202 valence electrons. The molecule has 2 aromatic carbocycles. The van der Waals surface area contributed by atoms with Crippen LogP contribution in [-0.2, 0) is 9.59 Å². The number of rotatable bonds is 9. The molecular weight excluding hydrogens is 510 g/mol. The van der Waals surface area contributed by atoms with E-state index in [0.717, 1.165) is 16.0 Å². The highest BCUT2D eigenvalue weighted by molar-refractivity contribution is 6.07. The quantitative estimate of drug-likeness (QED) is 0.353. The van der Waals surface area contributed by atoms with Gasteiger partial charge >= 0.3 is 0 Å². The lowest BCUT2D eigenvalue weighted by atomic mass is 10.0. The van der Waals surface area contributed by atoms with E-state index in [-0.39, 0.29) is 24.6 Å². The number of likely N-dealkylation sites (tertiary alicyclic amines) is 1. The summed E-state index contributed by atoms with van der Waals surface area (Å²) in [5.41, 5.74) is 7.71. The van der Waals surface area contributed by atoms with E-state index < -0.39 is 43.3 Å². The summed E-state index contributed by atoms with van der Waals surface area (Å²) in [5.74, 6) is -4.11. The molecule has 1 fully saturated rings. The molecule has 0 radical (unpaired) electrons. The van der Waals surface area contributed by atoms with Gasteiger partial charge in [-0.05, 0) is 41.5 Å². The molecule has 3 amide bonds. The Labute approximate surface area is 222 Å². The normalized spacial score (nSPS) is 15.9. The first kappa shape index (κ1) is 27.4. The summed E-state index contributed by atoms with van der Waals surface area (Å²) in [4.78, 5) is 41.7. The Morgan fingerprint density at radius 1 is 1.13 bits per heavy atom. The van der Waals surface area contributed by atoms with Crippen LogP contribution in [0.2, 0.25) is 0 Å². The zero-order valence-corrected chi connectivity index (χ0v) is 20.8. The third-order valence-electron chi connectivity index (χ3n) is 6.19. The van der Waals surface area contributed by atoms with Crippen LogP contribution in [0.1, 0.15) is 16.8 Å². The van der Waals surface area contributed by atoms with Gasteiger partial charge in [-0.25, -0.2) is 8.78 Å². The zero-order valence-electron chi connectivity index (χ0n) is 20.8. The summed E-state index contributed by atoms with van der Waals surface area (Å²) in [6.45, 7) is -0.842. The number of nitrogens with one attached hydrogen (secondary N) is 2. The second kappa shape index (κ2) is 11.8. The van der Waals surface area contributed by atoms with Gasteiger partial charge in [-0.1, -0.05) is 18.2 Å². The standard InChI is InChI=1S/C27H26F2N6O4/c28-27(29)12-19(13-30)35(16-27)25(37)15-34-26(38)21-7-8-32-23-6-3-18(11-22(21)23)17-1-4-20(5-2-17)39-10-9-33-24(36)14-31/h1-8,11,19H,9-10,12,14-16,31H2,(H,33,36)(H,34,38)/t19-/m0/s1. The van der Waals surface area contributed by atoms with E-state index in [1.165, 1.54) is 12.3 Å². The summed E-state index contributed by atoms with van der Waals surface area (Å²) in [5, 5.41) is 14.7. The molecule has 1 aliphatic heterocycles. The number of alkyl halides is 2. The van der Waals surface area contributed by atoms with Gasteiger partial charge < -0.3 is 26.0 Å². The molecule has 4 N–H and O–H groups in total. The smallest absolute Gasteiger partial charge is 0.268 e. The highest BCUT2D eigenvalue weighted by Gasteiger charge is 2.47. The number of nitrogens with two attached hydrogens (primary N) is 1. The van der Waals surface area contributed by atoms with Crippen LogP contribution in [0.5, 0.6) is 5.75 Å². The van der Waals surface area contributed by atoms with E-state index in [0.29, 0.717) is 23.2 Å². The van der Waals surface area contributed by atoms with Crippen molar-refractivity contribution in [3.05, 3.63) is 60.3 Å². The Morgan fingerprint density at radius 3 is 2.59 bits per heavy atom. The first-order valence-electron chi connectivity index (χ1n) is 12.1. The molecule has 1 saturated heterocycles. The number of carbonyl (C=O) groups is 3. The molecule has 0 saturated carbocycles. The monoisotopic (exact) mass is 536 g/mol. The fourth-order valence-electron chi connectivity index (χ4n) is 4.25. The van der Waals surface area contributed by atoms with E-state index >= 15 is 0 Å². The highest BCUT2D eigenvalue weighted by atomic mass is 19.3. The van der Waals surface area contributed by atoms with E-state index in [4.69, 9.17) is 15.7 Å². The summed E-state index contributed by atoms with van der Waals surface area (Å²) < 4.78 is 33.0. The number of hydrogen-bond donors (Lipinski definition) is 3. The number of ether oxygens (including phenoxy) is 1. The number of halogens is 2. The van der Waals surface area contributed by atoms with Gasteiger partial charge in [0.05, 0.1) is 43.3 Å². The maximum atomic E-state index is 13.7. The van der Waals surface area contributed by atoms with E-state index in [9.17, 15) is 23.2 Å². The van der Waals surface area contributed by atoms with E-state index in [1.54, 1.807) is 30.3 Å². The van der Waals surface area contributed by atoms with Crippen molar-refractivity contribution in [2.24, 2.45) is 5.73 Å². The average Bonchev–Trinajstić information content (AvgIpc) is 3.27. The summed E-state index contributed by atoms with van der Waals surface area (Å²) in [6, 6.07) is 14.7. The maximum absolute atomic E-state index is 13.7. The minimum Gasteiger partial charge on any atom is -0.492 e. The number of pyridine rings is 1. The summed E-state index contributed by atoms with van der Waals surface area (Å²) in [7, 11) is 0. The van der Waals surface area contributed by atoms with Crippen molar-refractivity contribution < 1.29 is 27.9 Å². The minimum absolute atomic E-state index is 0.0830. The van der Waals surface area contributed by atoms with Crippen molar-refractivity contribution in [3.63, 3.8) is 0 Å². The van der Waals surface area contributed by atoms with Crippen LogP contribution in [-0.4, -0.2) is 72.4 Å². The van der Waals surface area contributed by atoms with Gasteiger partial charge in [0.15, 0.2) is 0 Å². The van der Waals surface area contributed by atoms with E-state index in [1.807, 2.05) is 18.2 Å². The van der Waals surface area contributed by atoms with Crippen molar-refractivity contribution in [1.82, 2.24) is 20.5 Å². The van der Waals surface area contributed by atoms with Gasteiger partial charge in [-0.2, -0.15) is 5.26 Å². The minimum atomic E-state index is -3.13. The number of nitrogens with zero attached hydrogens (tertiary/aromatic N) is 3. The molecule has 1 atom stereocenters. The molecule has 3 aromatic rings. The number of benzene rings is 2. The van der Waals surface area contributed by atoms with Gasteiger partial charge in [0, 0.05) is 18.0 Å². The Morgan fingerprint density at radius 2 is 1.87 bits per heavy atom. The SMILES string of the molecule is N#C[C@@H]1CC(F)(F)CN1C(=O)CNC(=O)c1ccnc2ccc(-c3ccc(OCCNC(=O)CN)cc3)cc12. The predicted molar refractivity (Wildman–Crippen MR) is 138 cm³/mol. The Hall–Kier alpha value is -4.63. The number of amides is 3. The molecule has 4 rings (SSSR count). The lowest BCUT2D eigenvalue weighted by Crippen LogP contribution is -2.43. The van der Waals surface area contributed by atoms with Gasteiger partial charge in [0.2, 0.25) is 11.8 Å². The van der Waals surface area contributed by atoms with Crippen molar-refractivity contribution in [2.45, 2.75) is 18.4 Å². The molecule has 1 aromatic heterocycles. The van der Waals surface area contributed by atoms with Crippen LogP contribution >= 0.6 is 0 Å². The first-order valence-corrected chi connectivity index (χ1v) is 12.1. The number of fused-ring (bicyclic) bond motifs is 1. The predicted octanol–water partition coefficient (Wildman–Crippen LogP) is 1.85. The van der Waals surface area contributed by atoms with Crippen molar-refractivity contribution in [1.29, 1.82) is 5.26 Å². The van der Waals surface area contributed by atoms with Crippen LogP contribution in [0.3, 0.4) is 0 Å². The molecule has 2 heterocycles. The van der Waals surface area contributed by atoms with E-state index in [2.05, 4.69) is 15.6 Å². The van der Waals surface area contributed by atoms with Gasteiger partial charge in [0.1, 0.15) is 18.4 Å². The van der Waals surface area contributed by atoms with Crippen LogP contribution in [0.25, 0.3) is 22.0 Å². The Balaban J connectivity index is 1.44. The van der Waals surface area contributed by atoms with Crippen LogP contribution in [0.15, 0.2) is 54.7 Å². The number of hydrogen-bond acceptors (Lipinski definition) is 7.